The Labute approximate surface area is 169 Å². The molecule has 2 fully saturated rings. The molecule has 1 aliphatic heterocycles. The molecule has 8 nitrogen and oxygen atoms in total. The van der Waals surface area contributed by atoms with Crippen molar-refractivity contribution in [1.29, 1.82) is 0 Å². The number of aromatic amines is 1. The van der Waals surface area contributed by atoms with Gasteiger partial charge in [0.05, 0.1) is 11.8 Å². The van der Waals surface area contributed by atoms with Crippen LogP contribution in [0.4, 0.5) is 0 Å². The second kappa shape index (κ2) is 8.73. The van der Waals surface area contributed by atoms with Crippen LogP contribution in [0.3, 0.4) is 0 Å². The second-order valence-electron chi connectivity index (χ2n) is 7.98. The van der Waals surface area contributed by atoms with Gasteiger partial charge in [0, 0.05) is 43.0 Å². The van der Waals surface area contributed by atoms with Crippen LogP contribution < -0.4 is 5.32 Å². The average Bonchev–Trinajstić information content (AvgIpc) is 3.26. The second-order valence-corrected chi connectivity index (χ2v) is 7.98. The summed E-state index contributed by atoms with van der Waals surface area (Å²) in [5.74, 6) is -0.0858. The predicted molar refractivity (Wildman–Crippen MR) is 107 cm³/mol. The molecule has 29 heavy (non-hydrogen) atoms. The highest BCUT2D eigenvalue weighted by Gasteiger charge is 2.30. The van der Waals surface area contributed by atoms with Gasteiger partial charge >= 0.3 is 0 Å². The van der Waals surface area contributed by atoms with Gasteiger partial charge in [0.25, 0.3) is 5.91 Å². The molecule has 8 heteroatoms. The molecule has 1 aliphatic carbocycles. The fraction of sp³-hybridized carbons (Fsp3) is 0.524. The van der Waals surface area contributed by atoms with Gasteiger partial charge in [-0.3, -0.25) is 19.7 Å². The lowest BCUT2D eigenvalue weighted by Gasteiger charge is -2.33. The van der Waals surface area contributed by atoms with Gasteiger partial charge in [0.1, 0.15) is 0 Å². The largest absolute Gasteiger partial charge is 0.393 e. The lowest BCUT2D eigenvalue weighted by molar-refractivity contribution is -0.127. The van der Waals surface area contributed by atoms with E-state index in [0.29, 0.717) is 31.6 Å². The molecule has 0 aromatic carbocycles. The van der Waals surface area contributed by atoms with E-state index in [0.717, 1.165) is 36.9 Å². The standard InChI is InChI=1S/C21H27N5O3/c27-17-3-1-16(2-4-17)23-20(28)15-7-11-26(12-8-15)21(29)19-13-18(24-25-19)14-5-9-22-10-6-14/h5-6,9-10,13,15-17,27H,1-4,7-8,11-12H2,(H,23,28)(H,24,25)/t16-,17-. The van der Waals surface area contributed by atoms with Crippen LogP contribution in [0.1, 0.15) is 49.0 Å². The zero-order valence-corrected chi connectivity index (χ0v) is 16.4. The molecule has 154 valence electrons. The Morgan fingerprint density at radius 2 is 1.76 bits per heavy atom. The smallest absolute Gasteiger partial charge is 0.274 e. The number of rotatable bonds is 4. The fourth-order valence-electron chi connectivity index (χ4n) is 4.16. The van der Waals surface area contributed by atoms with Crippen LogP contribution in [0, 0.1) is 5.92 Å². The van der Waals surface area contributed by atoms with Crippen LogP contribution in [0.25, 0.3) is 11.3 Å². The molecule has 2 amide bonds. The number of carbonyl (C=O) groups is 2. The van der Waals surface area contributed by atoms with Crippen LogP contribution in [0.5, 0.6) is 0 Å². The normalized spacial score (nSPS) is 23.0. The van der Waals surface area contributed by atoms with Crippen molar-refractivity contribution < 1.29 is 14.7 Å². The lowest BCUT2D eigenvalue weighted by Crippen LogP contribution is -2.46. The molecule has 2 aromatic heterocycles. The van der Waals surface area contributed by atoms with Gasteiger partial charge in [-0.25, -0.2) is 0 Å². The first-order valence-corrected chi connectivity index (χ1v) is 10.3. The first-order valence-electron chi connectivity index (χ1n) is 10.3. The van der Waals surface area contributed by atoms with Gasteiger partial charge in [-0.15, -0.1) is 0 Å². The zero-order valence-electron chi connectivity index (χ0n) is 16.4. The number of piperidine rings is 1. The maximum Gasteiger partial charge on any atom is 0.274 e. The summed E-state index contributed by atoms with van der Waals surface area (Å²) in [6, 6.07) is 5.65. The minimum atomic E-state index is -0.224. The van der Waals surface area contributed by atoms with Crippen LogP contribution >= 0.6 is 0 Å². The van der Waals surface area contributed by atoms with Crippen molar-refractivity contribution in [1.82, 2.24) is 25.4 Å². The number of hydrogen-bond donors (Lipinski definition) is 3. The quantitative estimate of drug-likeness (QED) is 0.728. The number of nitrogens with zero attached hydrogens (tertiary/aromatic N) is 3. The summed E-state index contributed by atoms with van der Waals surface area (Å²) < 4.78 is 0. The van der Waals surface area contributed by atoms with Gasteiger partial charge in [-0.1, -0.05) is 0 Å². The summed E-state index contributed by atoms with van der Waals surface area (Å²) >= 11 is 0. The number of aliphatic hydroxyl groups excluding tert-OH is 1. The van der Waals surface area contributed by atoms with Crippen LogP contribution in [-0.4, -0.2) is 62.2 Å². The number of nitrogens with one attached hydrogen (secondary N) is 2. The van der Waals surface area contributed by atoms with E-state index in [-0.39, 0.29) is 29.9 Å². The van der Waals surface area contributed by atoms with E-state index in [1.165, 1.54) is 0 Å². The van der Waals surface area contributed by atoms with E-state index in [2.05, 4.69) is 20.5 Å². The molecule has 3 N–H and O–H groups in total. The average molecular weight is 397 g/mol. The number of carbonyl (C=O) groups excluding carboxylic acids is 2. The zero-order chi connectivity index (χ0) is 20.2. The highest BCUT2D eigenvalue weighted by Crippen LogP contribution is 2.23. The van der Waals surface area contributed by atoms with Gasteiger partial charge in [0.15, 0.2) is 5.69 Å². The van der Waals surface area contributed by atoms with E-state index in [4.69, 9.17) is 0 Å². The topological polar surface area (TPSA) is 111 Å². The maximum absolute atomic E-state index is 12.8. The summed E-state index contributed by atoms with van der Waals surface area (Å²) in [6.07, 6.45) is 7.67. The number of aromatic nitrogens is 3. The van der Waals surface area contributed by atoms with E-state index in [1.54, 1.807) is 23.4 Å². The first-order chi connectivity index (χ1) is 14.1. The highest BCUT2D eigenvalue weighted by molar-refractivity contribution is 5.93. The Morgan fingerprint density at radius 1 is 1.07 bits per heavy atom. The molecule has 4 rings (SSSR count). The SMILES string of the molecule is O=C(N[C@H]1CC[C@H](O)CC1)C1CCN(C(=O)c2cc(-c3ccncc3)[nH]n2)CC1. The lowest BCUT2D eigenvalue weighted by atomic mass is 9.91. The summed E-state index contributed by atoms with van der Waals surface area (Å²) in [4.78, 5) is 31.1. The number of hydrogen-bond acceptors (Lipinski definition) is 5. The molecule has 2 aliphatic rings. The Morgan fingerprint density at radius 3 is 2.45 bits per heavy atom. The fourth-order valence-corrected chi connectivity index (χ4v) is 4.16. The van der Waals surface area contributed by atoms with Crippen molar-refractivity contribution in [3.8, 4) is 11.3 Å². The number of H-pyrrole nitrogens is 1. The molecular formula is C21H27N5O3. The third-order valence-electron chi connectivity index (χ3n) is 5.98. The molecule has 0 spiro atoms. The van der Waals surface area contributed by atoms with Gasteiger partial charge in [-0.2, -0.15) is 5.10 Å². The van der Waals surface area contributed by atoms with Crippen molar-refractivity contribution in [2.75, 3.05) is 13.1 Å². The minimum Gasteiger partial charge on any atom is -0.393 e. The third-order valence-corrected chi connectivity index (χ3v) is 5.98. The van der Waals surface area contributed by atoms with E-state index in [9.17, 15) is 14.7 Å². The van der Waals surface area contributed by atoms with E-state index < -0.39 is 0 Å². The molecule has 2 aromatic rings. The highest BCUT2D eigenvalue weighted by atomic mass is 16.3. The number of amides is 2. The molecule has 0 unspecified atom stereocenters. The Balaban J connectivity index is 1.28. The number of aliphatic hydroxyl groups is 1. The minimum absolute atomic E-state index is 0.0579. The molecule has 0 radical (unpaired) electrons. The van der Waals surface area contributed by atoms with Crippen LogP contribution in [0.2, 0.25) is 0 Å². The molecule has 1 saturated heterocycles. The maximum atomic E-state index is 12.8. The van der Waals surface area contributed by atoms with E-state index >= 15 is 0 Å². The monoisotopic (exact) mass is 397 g/mol. The molecule has 0 bridgehead atoms. The van der Waals surface area contributed by atoms with Gasteiger partial charge in [-0.05, 0) is 56.7 Å². The van der Waals surface area contributed by atoms with Crippen molar-refractivity contribution in [3.05, 3.63) is 36.3 Å². The van der Waals surface area contributed by atoms with Crippen molar-refractivity contribution in [2.24, 2.45) is 5.92 Å². The summed E-state index contributed by atoms with van der Waals surface area (Å²) in [7, 11) is 0. The summed E-state index contributed by atoms with van der Waals surface area (Å²) in [5, 5.41) is 19.8. The molecule has 3 heterocycles. The van der Waals surface area contributed by atoms with Crippen LogP contribution in [-0.2, 0) is 4.79 Å². The Hall–Kier alpha value is -2.74. The molecule has 0 atom stereocenters. The van der Waals surface area contributed by atoms with Crippen molar-refractivity contribution >= 4 is 11.8 Å². The van der Waals surface area contributed by atoms with Crippen LogP contribution in [0.15, 0.2) is 30.6 Å². The number of pyridine rings is 1. The predicted octanol–water partition coefficient (Wildman–Crippen LogP) is 1.74. The van der Waals surface area contributed by atoms with Crippen molar-refractivity contribution in [3.63, 3.8) is 0 Å². The number of likely N-dealkylation sites (tertiary alicyclic amines) is 1. The summed E-state index contributed by atoms with van der Waals surface area (Å²) in [5.41, 5.74) is 2.10. The Bertz CT molecular complexity index is 837. The van der Waals surface area contributed by atoms with Crippen molar-refractivity contribution in [2.45, 2.75) is 50.7 Å². The first kappa shape index (κ1) is 19.6. The summed E-state index contributed by atoms with van der Waals surface area (Å²) in [6.45, 7) is 1.11. The molecular weight excluding hydrogens is 370 g/mol. The van der Waals surface area contributed by atoms with Gasteiger partial charge < -0.3 is 15.3 Å². The van der Waals surface area contributed by atoms with E-state index in [1.807, 2.05) is 12.1 Å². The molecule has 1 saturated carbocycles. The Kier molecular flexibility index (Phi) is 5.89. The van der Waals surface area contributed by atoms with Gasteiger partial charge in [0.2, 0.25) is 5.91 Å². The third kappa shape index (κ3) is 4.64.